The fraction of sp³-hybridized carbons (Fsp3) is 0.800. The molecule has 90 valence electrons. The van der Waals surface area contributed by atoms with Gasteiger partial charge in [0.05, 0.1) is 0 Å². The van der Waals surface area contributed by atoms with Gasteiger partial charge in [-0.05, 0) is 0 Å². The highest BCUT2D eigenvalue weighted by Crippen LogP contribution is 2.39. The molecule has 0 aliphatic carbocycles. The molecule has 0 heterocycles. The summed E-state index contributed by atoms with van der Waals surface area (Å²) in [6, 6.07) is 0. The largest absolute Gasteiger partial charge is 0.477 e. The van der Waals surface area contributed by atoms with E-state index >= 15 is 0 Å². The van der Waals surface area contributed by atoms with Gasteiger partial charge in [0, 0.05) is 0 Å². The maximum atomic E-state index is 12.6. The molecule has 0 saturated carbocycles. The molecular formula is C5H4F6O4. The standard InChI is InChI=1S/C5H4F6O4/c6-3(7,1-12)15-4(8,2(13)14)5(9,10)11/h12H,1H2,(H,13,14). The molecule has 10 heteroatoms. The molecule has 0 saturated heterocycles. The Hall–Kier alpha value is -1.03. The van der Waals surface area contributed by atoms with Crippen LogP contribution in [-0.2, 0) is 9.53 Å². The summed E-state index contributed by atoms with van der Waals surface area (Å²) in [7, 11) is 0. The van der Waals surface area contributed by atoms with Crippen LogP contribution in [0.4, 0.5) is 26.3 Å². The molecule has 0 radical (unpaired) electrons. The number of halogens is 6. The number of hydrogen-bond donors (Lipinski definition) is 2. The highest BCUT2D eigenvalue weighted by molar-refractivity contribution is 5.76. The van der Waals surface area contributed by atoms with Crippen LogP contribution < -0.4 is 0 Å². The third-order valence-electron chi connectivity index (χ3n) is 1.11. The van der Waals surface area contributed by atoms with Gasteiger partial charge in [0.25, 0.3) is 0 Å². The van der Waals surface area contributed by atoms with Crippen LogP contribution in [0.25, 0.3) is 0 Å². The van der Waals surface area contributed by atoms with Gasteiger partial charge in [-0.15, -0.1) is 0 Å². The van der Waals surface area contributed by atoms with Crippen LogP contribution in [0.2, 0.25) is 0 Å². The summed E-state index contributed by atoms with van der Waals surface area (Å²) in [5.74, 6) is -8.86. The summed E-state index contributed by atoms with van der Waals surface area (Å²) < 4.78 is 74.3. The van der Waals surface area contributed by atoms with Crippen molar-refractivity contribution in [3.8, 4) is 0 Å². The first kappa shape index (κ1) is 14.0. The Morgan fingerprint density at radius 2 is 1.53 bits per heavy atom. The number of hydrogen-bond acceptors (Lipinski definition) is 3. The van der Waals surface area contributed by atoms with Crippen LogP contribution in [0, 0.1) is 0 Å². The van der Waals surface area contributed by atoms with Gasteiger partial charge in [0.1, 0.15) is 6.61 Å². The van der Waals surface area contributed by atoms with Crippen molar-refractivity contribution in [3.63, 3.8) is 0 Å². The molecule has 15 heavy (non-hydrogen) atoms. The zero-order valence-electron chi connectivity index (χ0n) is 6.69. The van der Waals surface area contributed by atoms with E-state index in [1.807, 2.05) is 0 Å². The molecule has 0 fully saturated rings. The lowest BCUT2D eigenvalue weighted by molar-refractivity contribution is -0.402. The zero-order valence-corrected chi connectivity index (χ0v) is 6.69. The molecular weight excluding hydrogens is 238 g/mol. The van der Waals surface area contributed by atoms with Gasteiger partial charge in [-0.1, -0.05) is 0 Å². The topological polar surface area (TPSA) is 66.8 Å². The molecule has 0 rings (SSSR count). The molecule has 0 aromatic carbocycles. The highest BCUT2D eigenvalue weighted by Gasteiger charge is 2.68. The summed E-state index contributed by atoms with van der Waals surface area (Å²) in [6.07, 6.45) is -11.2. The maximum Gasteiger partial charge on any atom is 0.460 e. The van der Waals surface area contributed by atoms with Crippen molar-refractivity contribution in [1.29, 1.82) is 0 Å². The number of alkyl halides is 6. The van der Waals surface area contributed by atoms with Gasteiger partial charge < -0.3 is 10.2 Å². The number of ether oxygens (including phenoxy) is 1. The molecule has 0 aromatic heterocycles. The van der Waals surface area contributed by atoms with E-state index < -0.39 is 30.7 Å². The van der Waals surface area contributed by atoms with E-state index in [1.165, 1.54) is 0 Å². The Morgan fingerprint density at radius 1 is 1.13 bits per heavy atom. The SMILES string of the molecule is O=C(O)C(F)(OC(F)(F)CO)C(F)(F)F. The minimum Gasteiger partial charge on any atom is -0.477 e. The Kier molecular flexibility index (Phi) is 3.59. The lowest BCUT2D eigenvalue weighted by Crippen LogP contribution is -2.54. The average Bonchev–Trinajstić information content (AvgIpc) is 2.01. The number of rotatable bonds is 4. The van der Waals surface area contributed by atoms with Crippen molar-refractivity contribution >= 4 is 5.97 Å². The van der Waals surface area contributed by atoms with Crippen molar-refractivity contribution < 1.29 is 46.1 Å². The third kappa shape index (κ3) is 2.96. The van der Waals surface area contributed by atoms with Gasteiger partial charge in [-0.2, -0.15) is 26.3 Å². The number of aliphatic hydroxyl groups is 1. The first-order valence-electron chi connectivity index (χ1n) is 3.14. The fourth-order valence-electron chi connectivity index (χ4n) is 0.461. The first-order chi connectivity index (χ1) is 6.46. The summed E-state index contributed by atoms with van der Waals surface area (Å²) in [5, 5.41) is 15.6. The molecule has 2 N–H and O–H groups in total. The van der Waals surface area contributed by atoms with E-state index in [2.05, 4.69) is 4.74 Å². The van der Waals surface area contributed by atoms with Crippen molar-refractivity contribution in [2.45, 2.75) is 18.1 Å². The van der Waals surface area contributed by atoms with Crippen molar-refractivity contribution in [3.05, 3.63) is 0 Å². The van der Waals surface area contributed by atoms with Gasteiger partial charge in [-0.25, -0.2) is 4.79 Å². The minimum absolute atomic E-state index is 2.29. The highest BCUT2D eigenvalue weighted by atomic mass is 19.4. The normalized spacial score (nSPS) is 17.3. The average molecular weight is 242 g/mol. The Bertz CT molecular complexity index is 250. The Balaban J connectivity index is 5.09. The first-order valence-corrected chi connectivity index (χ1v) is 3.14. The smallest absolute Gasteiger partial charge is 0.460 e. The minimum atomic E-state index is -6.20. The molecule has 4 nitrogen and oxygen atoms in total. The Morgan fingerprint density at radius 3 is 1.73 bits per heavy atom. The van der Waals surface area contributed by atoms with E-state index in [1.54, 1.807) is 0 Å². The van der Waals surface area contributed by atoms with Crippen molar-refractivity contribution in [2.75, 3.05) is 6.61 Å². The van der Waals surface area contributed by atoms with E-state index in [9.17, 15) is 31.1 Å². The summed E-state index contributed by atoms with van der Waals surface area (Å²) in [5.41, 5.74) is 0. The third-order valence-corrected chi connectivity index (χ3v) is 1.11. The van der Waals surface area contributed by atoms with Crippen molar-refractivity contribution in [2.24, 2.45) is 0 Å². The van der Waals surface area contributed by atoms with E-state index in [0.717, 1.165) is 0 Å². The number of carboxylic acids is 1. The summed E-state index contributed by atoms with van der Waals surface area (Å²) >= 11 is 0. The molecule has 0 aromatic rings. The van der Waals surface area contributed by atoms with Gasteiger partial charge in [-0.3, -0.25) is 4.74 Å². The number of aliphatic hydroxyl groups excluding tert-OH is 1. The lowest BCUT2D eigenvalue weighted by Gasteiger charge is -2.26. The maximum absolute atomic E-state index is 12.6. The van der Waals surface area contributed by atoms with E-state index in [4.69, 9.17) is 10.2 Å². The summed E-state index contributed by atoms with van der Waals surface area (Å²) in [6.45, 7) is -2.29. The molecule has 0 bridgehead atoms. The van der Waals surface area contributed by atoms with Crippen LogP contribution in [0.5, 0.6) is 0 Å². The molecule has 0 amide bonds. The molecule has 0 aliphatic heterocycles. The van der Waals surface area contributed by atoms with Gasteiger partial charge in [0.2, 0.25) is 0 Å². The van der Waals surface area contributed by atoms with Gasteiger partial charge >= 0.3 is 24.1 Å². The Labute approximate surface area is 78.1 Å². The number of carboxylic acid groups (broad SMARTS) is 1. The second kappa shape index (κ2) is 3.85. The second-order valence-corrected chi connectivity index (χ2v) is 2.30. The molecule has 0 spiro atoms. The van der Waals surface area contributed by atoms with Gasteiger partial charge in [0.15, 0.2) is 0 Å². The monoisotopic (exact) mass is 242 g/mol. The van der Waals surface area contributed by atoms with Crippen LogP contribution in [0.1, 0.15) is 0 Å². The number of carbonyl (C=O) groups is 1. The fourth-order valence-corrected chi connectivity index (χ4v) is 0.461. The zero-order chi connectivity index (χ0) is 12.5. The molecule has 1 unspecified atom stereocenters. The molecule has 0 aliphatic rings. The van der Waals surface area contributed by atoms with E-state index in [-0.39, 0.29) is 0 Å². The summed E-state index contributed by atoms with van der Waals surface area (Å²) in [4.78, 5) is 9.83. The van der Waals surface area contributed by atoms with Crippen LogP contribution >= 0.6 is 0 Å². The van der Waals surface area contributed by atoms with Crippen molar-refractivity contribution in [1.82, 2.24) is 0 Å². The van der Waals surface area contributed by atoms with Crippen LogP contribution in [-0.4, -0.2) is 40.9 Å². The lowest BCUT2D eigenvalue weighted by atomic mass is 10.3. The predicted octanol–water partition coefficient (Wildman–Crippen LogP) is 0.901. The van der Waals surface area contributed by atoms with Crippen LogP contribution in [0.3, 0.4) is 0 Å². The quantitative estimate of drug-likeness (QED) is 0.719. The van der Waals surface area contributed by atoms with E-state index in [0.29, 0.717) is 0 Å². The molecule has 1 atom stereocenters. The van der Waals surface area contributed by atoms with Crippen LogP contribution in [0.15, 0.2) is 0 Å². The second-order valence-electron chi connectivity index (χ2n) is 2.30. The predicted molar refractivity (Wildman–Crippen MR) is 30.6 cm³/mol. The number of aliphatic carboxylic acids is 1.